The van der Waals surface area contributed by atoms with Crippen LogP contribution in [0.5, 0.6) is 0 Å². The summed E-state index contributed by atoms with van der Waals surface area (Å²) in [4.78, 5) is 11.3. The molecule has 0 aliphatic carbocycles. The molecular formula is C14H12INO3S. The average Bonchev–Trinajstić information content (AvgIpc) is 2.41. The molecule has 1 N–H and O–H groups in total. The molecule has 0 amide bonds. The number of para-hydroxylation sites is 1. The van der Waals surface area contributed by atoms with Gasteiger partial charge in [0, 0.05) is 9.13 Å². The lowest BCUT2D eigenvalue weighted by atomic mass is 10.2. The summed E-state index contributed by atoms with van der Waals surface area (Å²) in [6.45, 7) is 1.44. The number of halogens is 1. The number of Topliss-reactive ketones (excluding diaryl/α,β-unsaturated/α-hetero) is 1. The van der Waals surface area contributed by atoms with Gasteiger partial charge in [-0.3, -0.25) is 9.52 Å². The summed E-state index contributed by atoms with van der Waals surface area (Å²) >= 11 is 2.06. The number of carbonyl (C=O) groups excluding carboxylic acids is 1. The fourth-order valence-corrected chi connectivity index (χ4v) is 3.40. The van der Waals surface area contributed by atoms with Crippen LogP contribution in [0.4, 0.5) is 5.69 Å². The first kappa shape index (κ1) is 15.0. The van der Waals surface area contributed by atoms with Crippen molar-refractivity contribution in [3.8, 4) is 0 Å². The van der Waals surface area contributed by atoms with Gasteiger partial charge in [-0.05, 0) is 53.8 Å². The van der Waals surface area contributed by atoms with E-state index in [1.54, 1.807) is 12.1 Å². The highest BCUT2D eigenvalue weighted by atomic mass is 127. The molecule has 20 heavy (non-hydrogen) atoms. The molecule has 0 aromatic heterocycles. The summed E-state index contributed by atoms with van der Waals surface area (Å²) in [5.41, 5.74) is 1.02. The number of hydrogen-bond donors (Lipinski definition) is 1. The van der Waals surface area contributed by atoms with Gasteiger partial charge in [0.2, 0.25) is 0 Å². The number of carbonyl (C=O) groups is 1. The Bertz CT molecular complexity index is 739. The number of hydrogen-bond acceptors (Lipinski definition) is 3. The van der Waals surface area contributed by atoms with Crippen molar-refractivity contribution < 1.29 is 13.2 Å². The van der Waals surface area contributed by atoms with E-state index in [1.807, 2.05) is 12.1 Å². The molecule has 0 bridgehead atoms. The van der Waals surface area contributed by atoms with Crippen molar-refractivity contribution in [2.45, 2.75) is 11.8 Å². The Labute approximate surface area is 131 Å². The zero-order valence-electron chi connectivity index (χ0n) is 10.6. The van der Waals surface area contributed by atoms with Gasteiger partial charge in [0.1, 0.15) is 0 Å². The Kier molecular flexibility index (Phi) is 4.44. The molecule has 0 fully saturated rings. The van der Waals surface area contributed by atoms with Gasteiger partial charge in [-0.25, -0.2) is 8.42 Å². The summed E-state index contributed by atoms with van der Waals surface area (Å²) < 4.78 is 27.8. The highest BCUT2D eigenvalue weighted by Crippen LogP contribution is 2.21. The minimum atomic E-state index is -3.64. The Morgan fingerprint density at radius 3 is 2.20 bits per heavy atom. The molecule has 0 spiro atoms. The molecule has 0 aliphatic heterocycles. The van der Waals surface area contributed by atoms with Gasteiger partial charge in [0.05, 0.1) is 10.6 Å². The van der Waals surface area contributed by atoms with E-state index in [4.69, 9.17) is 0 Å². The van der Waals surface area contributed by atoms with E-state index in [0.717, 1.165) is 3.57 Å². The topological polar surface area (TPSA) is 63.2 Å². The molecule has 104 valence electrons. The number of rotatable bonds is 4. The van der Waals surface area contributed by atoms with E-state index in [2.05, 4.69) is 27.3 Å². The van der Waals surface area contributed by atoms with E-state index >= 15 is 0 Å². The largest absolute Gasteiger partial charge is 0.295 e. The molecule has 0 heterocycles. The molecule has 2 aromatic carbocycles. The maximum Gasteiger partial charge on any atom is 0.261 e. The van der Waals surface area contributed by atoms with Gasteiger partial charge >= 0.3 is 0 Å². The van der Waals surface area contributed by atoms with E-state index < -0.39 is 10.0 Å². The first-order valence-electron chi connectivity index (χ1n) is 5.78. The molecule has 0 radical (unpaired) electrons. The van der Waals surface area contributed by atoms with Crippen LogP contribution in [0.2, 0.25) is 0 Å². The molecule has 0 unspecified atom stereocenters. The third-order valence-electron chi connectivity index (χ3n) is 2.69. The molecule has 0 aliphatic rings. The summed E-state index contributed by atoms with van der Waals surface area (Å²) in [5.74, 6) is -0.0977. The molecule has 0 saturated carbocycles. The van der Waals surface area contributed by atoms with Crippen molar-refractivity contribution in [1.29, 1.82) is 0 Å². The lowest BCUT2D eigenvalue weighted by Crippen LogP contribution is -2.13. The highest BCUT2D eigenvalue weighted by molar-refractivity contribution is 14.1. The zero-order chi connectivity index (χ0) is 14.8. The summed E-state index contributed by atoms with van der Waals surface area (Å²) in [6, 6.07) is 13.0. The van der Waals surface area contributed by atoms with Crippen molar-refractivity contribution in [2.75, 3.05) is 4.72 Å². The summed E-state index contributed by atoms with van der Waals surface area (Å²) in [6.07, 6.45) is 0. The highest BCUT2D eigenvalue weighted by Gasteiger charge is 2.15. The Hall–Kier alpha value is -1.41. The van der Waals surface area contributed by atoms with E-state index in [-0.39, 0.29) is 10.7 Å². The lowest BCUT2D eigenvalue weighted by molar-refractivity contribution is 0.101. The Morgan fingerprint density at radius 2 is 1.65 bits per heavy atom. The third kappa shape index (κ3) is 3.37. The van der Waals surface area contributed by atoms with Gasteiger partial charge < -0.3 is 0 Å². The molecule has 4 nitrogen and oxygen atoms in total. The van der Waals surface area contributed by atoms with Gasteiger partial charge in [-0.2, -0.15) is 0 Å². The van der Waals surface area contributed by atoms with Gasteiger partial charge in [0.25, 0.3) is 10.0 Å². The number of benzene rings is 2. The van der Waals surface area contributed by atoms with Crippen LogP contribution in [-0.2, 0) is 10.0 Å². The maximum absolute atomic E-state index is 12.2. The predicted molar refractivity (Wildman–Crippen MR) is 86.4 cm³/mol. The lowest BCUT2D eigenvalue weighted by Gasteiger charge is -2.09. The summed E-state index contributed by atoms with van der Waals surface area (Å²) in [7, 11) is -3.64. The van der Waals surface area contributed by atoms with Crippen molar-refractivity contribution in [2.24, 2.45) is 0 Å². The van der Waals surface area contributed by atoms with Gasteiger partial charge in [-0.1, -0.05) is 24.3 Å². The fourth-order valence-electron chi connectivity index (χ4n) is 1.62. The molecular weight excluding hydrogens is 389 g/mol. The van der Waals surface area contributed by atoms with Gasteiger partial charge in [-0.15, -0.1) is 0 Å². The van der Waals surface area contributed by atoms with Crippen LogP contribution in [0.25, 0.3) is 0 Å². The third-order valence-corrected chi connectivity index (χ3v) is 5.01. The second-order valence-electron chi connectivity index (χ2n) is 4.17. The number of nitrogens with one attached hydrogen (secondary N) is 1. The number of ketones is 1. The predicted octanol–water partition coefficient (Wildman–Crippen LogP) is 3.29. The average molecular weight is 401 g/mol. The zero-order valence-corrected chi connectivity index (χ0v) is 13.6. The molecule has 2 rings (SSSR count). The minimum absolute atomic E-state index is 0.0977. The number of anilines is 1. The quantitative estimate of drug-likeness (QED) is 0.632. The fraction of sp³-hybridized carbons (Fsp3) is 0.0714. The first-order chi connectivity index (χ1) is 9.40. The molecule has 6 heteroatoms. The van der Waals surface area contributed by atoms with Crippen molar-refractivity contribution in [3.63, 3.8) is 0 Å². The Balaban J connectivity index is 2.31. The first-order valence-corrected chi connectivity index (χ1v) is 8.35. The second-order valence-corrected chi connectivity index (χ2v) is 7.01. The van der Waals surface area contributed by atoms with E-state index in [1.165, 1.54) is 31.2 Å². The molecule has 0 saturated heterocycles. The van der Waals surface area contributed by atoms with Crippen molar-refractivity contribution in [1.82, 2.24) is 0 Å². The van der Waals surface area contributed by atoms with Crippen molar-refractivity contribution >= 4 is 44.1 Å². The Morgan fingerprint density at radius 1 is 1.05 bits per heavy atom. The standard InChI is InChI=1S/C14H12INO3S/c1-10(17)11-6-8-12(9-7-11)20(18,19)16-14-5-3-2-4-13(14)15/h2-9,16H,1H3. The number of sulfonamides is 1. The van der Waals surface area contributed by atoms with Crippen LogP contribution in [0.15, 0.2) is 53.4 Å². The SMILES string of the molecule is CC(=O)c1ccc(S(=O)(=O)Nc2ccccc2I)cc1. The van der Waals surface area contributed by atoms with Crippen LogP contribution in [0.1, 0.15) is 17.3 Å². The molecule has 0 atom stereocenters. The van der Waals surface area contributed by atoms with Crippen LogP contribution >= 0.6 is 22.6 Å². The van der Waals surface area contributed by atoms with Gasteiger partial charge in [0.15, 0.2) is 5.78 Å². The van der Waals surface area contributed by atoms with Crippen LogP contribution in [0, 0.1) is 3.57 Å². The summed E-state index contributed by atoms with van der Waals surface area (Å²) in [5, 5.41) is 0. The smallest absolute Gasteiger partial charge is 0.261 e. The van der Waals surface area contributed by atoms with Crippen LogP contribution < -0.4 is 4.72 Å². The van der Waals surface area contributed by atoms with Crippen LogP contribution in [-0.4, -0.2) is 14.2 Å². The van der Waals surface area contributed by atoms with E-state index in [0.29, 0.717) is 11.3 Å². The normalized spacial score (nSPS) is 11.1. The van der Waals surface area contributed by atoms with E-state index in [9.17, 15) is 13.2 Å². The monoisotopic (exact) mass is 401 g/mol. The van der Waals surface area contributed by atoms with Crippen molar-refractivity contribution in [3.05, 3.63) is 57.7 Å². The molecule has 2 aromatic rings. The second kappa shape index (κ2) is 5.92. The maximum atomic E-state index is 12.2. The minimum Gasteiger partial charge on any atom is -0.295 e. The van der Waals surface area contributed by atoms with Crippen LogP contribution in [0.3, 0.4) is 0 Å².